The maximum atomic E-state index is 10.8. The van der Waals surface area contributed by atoms with Crippen LogP contribution in [0.2, 0.25) is 0 Å². The number of nitrogens with zero attached hydrogens (tertiary/aromatic N) is 2. The van der Waals surface area contributed by atoms with E-state index >= 15 is 0 Å². The maximum Gasteiger partial charge on any atom is 0.335 e. The van der Waals surface area contributed by atoms with E-state index in [4.69, 9.17) is 5.11 Å². The summed E-state index contributed by atoms with van der Waals surface area (Å²) in [5.41, 5.74) is 1.36. The number of nitrogens with one attached hydrogen (secondary N) is 1. The molecule has 5 heteroatoms. The SMILES string of the molecule is CCNCc1nccn1Cc1ccc(C(=O)O)cc1. The monoisotopic (exact) mass is 259 g/mol. The first kappa shape index (κ1) is 13.3. The minimum absolute atomic E-state index is 0.308. The first-order valence-electron chi connectivity index (χ1n) is 6.23. The van der Waals surface area contributed by atoms with Crippen LogP contribution in [0.1, 0.15) is 28.7 Å². The van der Waals surface area contributed by atoms with Crippen molar-refractivity contribution in [1.82, 2.24) is 14.9 Å². The van der Waals surface area contributed by atoms with Crippen LogP contribution >= 0.6 is 0 Å². The van der Waals surface area contributed by atoms with Crippen LogP contribution < -0.4 is 5.32 Å². The standard InChI is InChI=1S/C14H17N3O2/c1-2-15-9-13-16-7-8-17(13)10-11-3-5-12(6-4-11)14(18)19/h3-8,15H,2,9-10H2,1H3,(H,18,19). The second-order valence-electron chi connectivity index (χ2n) is 4.25. The lowest BCUT2D eigenvalue weighted by atomic mass is 10.1. The Labute approximate surface area is 111 Å². The quantitative estimate of drug-likeness (QED) is 0.829. The van der Waals surface area contributed by atoms with E-state index in [1.54, 1.807) is 18.3 Å². The average molecular weight is 259 g/mol. The summed E-state index contributed by atoms with van der Waals surface area (Å²) in [6.07, 6.45) is 3.70. The molecule has 0 aliphatic heterocycles. The minimum Gasteiger partial charge on any atom is -0.478 e. The van der Waals surface area contributed by atoms with Crippen LogP contribution in [0.15, 0.2) is 36.7 Å². The molecule has 2 rings (SSSR count). The number of imidazole rings is 1. The number of benzene rings is 1. The fraction of sp³-hybridized carbons (Fsp3) is 0.286. The number of rotatable bonds is 6. The summed E-state index contributed by atoms with van der Waals surface area (Å²) in [7, 11) is 0. The molecule has 0 unspecified atom stereocenters. The van der Waals surface area contributed by atoms with Crippen LogP contribution in [0.4, 0.5) is 0 Å². The van der Waals surface area contributed by atoms with Gasteiger partial charge in [0, 0.05) is 18.9 Å². The third-order valence-corrected chi connectivity index (χ3v) is 2.89. The molecule has 100 valence electrons. The Kier molecular flexibility index (Phi) is 4.30. The first-order valence-corrected chi connectivity index (χ1v) is 6.23. The van der Waals surface area contributed by atoms with E-state index in [0.29, 0.717) is 12.1 Å². The zero-order chi connectivity index (χ0) is 13.7. The molecule has 19 heavy (non-hydrogen) atoms. The van der Waals surface area contributed by atoms with Crippen molar-refractivity contribution in [3.05, 3.63) is 53.6 Å². The molecule has 5 nitrogen and oxygen atoms in total. The second-order valence-corrected chi connectivity index (χ2v) is 4.25. The number of aromatic nitrogens is 2. The van der Waals surface area contributed by atoms with E-state index < -0.39 is 5.97 Å². The number of hydrogen-bond donors (Lipinski definition) is 2. The van der Waals surface area contributed by atoms with Gasteiger partial charge in [-0.2, -0.15) is 0 Å². The second kappa shape index (κ2) is 6.15. The highest BCUT2D eigenvalue weighted by Gasteiger charge is 2.05. The Hall–Kier alpha value is -2.14. The van der Waals surface area contributed by atoms with Gasteiger partial charge in [0.2, 0.25) is 0 Å². The van der Waals surface area contributed by atoms with Crippen molar-refractivity contribution in [2.45, 2.75) is 20.0 Å². The molecule has 0 saturated carbocycles. The fourth-order valence-electron chi connectivity index (χ4n) is 1.84. The van der Waals surface area contributed by atoms with Crippen LogP contribution in [0.3, 0.4) is 0 Å². The number of aromatic carboxylic acids is 1. The molecular weight excluding hydrogens is 242 g/mol. The third kappa shape index (κ3) is 3.42. The van der Waals surface area contributed by atoms with Crippen molar-refractivity contribution >= 4 is 5.97 Å². The summed E-state index contributed by atoms with van der Waals surface area (Å²) in [5, 5.41) is 12.1. The Balaban J connectivity index is 2.08. The zero-order valence-electron chi connectivity index (χ0n) is 10.8. The predicted molar refractivity (Wildman–Crippen MR) is 72.1 cm³/mol. The van der Waals surface area contributed by atoms with Gasteiger partial charge in [0.1, 0.15) is 5.82 Å². The largest absolute Gasteiger partial charge is 0.478 e. The molecule has 0 aliphatic rings. The molecular formula is C14H17N3O2. The van der Waals surface area contributed by atoms with Crippen molar-refractivity contribution in [2.24, 2.45) is 0 Å². The summed E-state index contributed by atoms with van der Waals surface area (Å²) < 4.78 is 2.05. The molecule has 0 spiro atoms. The predicted octanol–water partition coefficient (Wildman–Crippen LogP) is 1.74. The van der Waals surface area contributed by atoms with Gasteiger partial charge in [0.15, 0.2) is 0 Å². The minimum atomic E-state index is -0.901. The lowest BCUT2D eigenvalue weighted by Gasteiger charge is -2.08. The van der Waals surface area contributed by atoms with E-state index in [1.165, 1.54) is 0 Å². The molecule has 2 N–H and O–H groups in total. The van der Waals surface area contributed by atoms with Crippen molar-refractivity contribution in [3.8, 4) is 0 Å². The average Bonchev–Trinajstić information content (AvgIpc) is 2.84. The van der Waals surface area contributed by atoms with E-state index in [1.807, 2.05) is 18.3 Å². The lowest BCUT2D eigenvalue weighted by molar-refractivity contribution is 0.0697. The van der Waals surface area contributed by atoms with Gasteiger partial charge in [-0.05, 0) is 24.2 Å². The van der Waals surface area contributed by atoms with Gasteiger partial charge in [0.05, 0.1) is 12.1 Å². The highest BCUT2D eigenvalue weighted by Crippen LogP contribution is 2.08. The highest BCUT2D eigenvalue weighted by molar-refractivity contribution is 5.87. The number of hydrogen-bond acceptors (Lipinski definition) is 3. The summed E-state index contributed by atoms with van der Waals surface area (Å²) in [6, 6.07) is 6.91. The van der Waals surface area contributed by atoms with Gasteiger partial charge in [-0.15, -0.1) is 0 Å². The van der Waals surface area contributed by atoms with Gasteiger partial charge in [-0.3, -0.25) is 0 Å². The molecule has 0 bridgehead atoms. The normalized spacial score (nSPS) is 10.6. The van der Waals surface area contributed by atoms with Crippen LogP contribution in [-0.2, 0) is 13.1 Å². The van der Waals surface area contributed by atoms with Crippen molar-refractivity contribution in [2.75, 3.05) is 6.54 Å². The van der Waals surface area contributed by atoms with E-state index in [0.717, 1.165) is 24.5 Å². The third-order valence-electron chi connectivity index (χ3n) is 2.89. The topological polar surface area (TPSA) is 67.2 Å². The van der Waals surface area contributed by atoms with Crippen LogP contribution in [-0.4, -0.2) is 27.2 Å². The Morgan fingerprint density at radius 3 is 2.74 bits per heavy atom. The molecule has 2 aromatic rings. The first-order chi connectivity index (χ1) is 9.20. The number of carbonyl (C=O) groups is 1. The van der Waals surface area contributed by atoms with Crippen molar-refractivity contribution < 1.29 is 9.90 Å². The molecule has 1 heterocycles. The van der Waals surface area contributed by atoms with Crippen LogP contribution in [0.25, 0.3) is 0 Å². The lowest BCUT2D eigenvalue weighted by Crippen LogP contribution is -2.16. The van der Waals surface area contributed by atoms with Crippen molar-refractivity contribution in [1.29, 1.82) is 0 Å². The Bertz CT molecular complexity index is 546. The highest BCUT2D eigenvalue weighted by atomic mass is 16.4. The molecule has 0 aliphatic carbocycles. The molecule has 0 atom stereocenters. The summed E-state index contributed by atoms with van der Waals surface area (Å²) in [5.74, 6) is 0.0752. The number of carboxylic acids is 1. The van der Waals surface area contributed by atoms with Gasteiger partial charge in [0.25, 0.3) is 0 Å². The fourth-order valence-corrected chi connectivity index (χ4v) is 1.84. The molecule has 0 fully saturated rings. The van der Waals surface area contributed by atoms with Gasteiger partial charge >= 0.3 is 5.97 Å². The van der Waals surface area contributed by atoms with E-state index in [9.17, 15) is 4.79 Å². The van der Waals surface area contributed by atoms with Crippen molar-refractivity contribution in [3.63, 3.8) is 0 Å². The molecule has 0 saturated heterocycles. The molecule has 1 aromatic heterocycles. The Morgan fingerprint density at radius 1 is 1.37 bits per heavy atom. The smallest absolute Gasteiger partial charge is 0.335 e. The summed E-state index contributed by atoms with van der Waals surface area (Å²) >= 11 is 0. The molecule has 0 radical (unpaired) electrons. The van der Waals surface area contributed by atoms with Crippen LogP contribution in [0, 0.1) is 0 Å². The van der Waals surface area contributed by atoms with Gasteiger partial charge < -0.3 is 15.0 Å². The summed E-state index contributed by atoms with van der Waals surface area (Å²) in [6.45, 7) is 4.38. The molecule has 0 amide bonds. The maximum absolute atomic E-state index is 10.8. The molecule has 1 aromatic carbocycles. The summed E-state index contributed by atoms with van der Waals surface area (Å²) in [4.78, 5) is 15.1. The Morgan fingerprint density at radius 2 is 2.11 bits per heavy atom. The zero-order valence-corrected chi connectivity index (χ0v) is 10.8. The van der Waals surface area contributed by atoms with E-state index in [2.05, 4.69) is 21.8 Å². The van der Waals surface area contributed by atoms with E-state index in [-0.39, 0.29) is 0 Å². The van der Waals surface area contributed by atoms with Gasteiger partial charge in [-0.25, -0.2) is 9.78 Å². The van der Waals surface area contributed by atoms with Gasteiger partial charge in [-0.1, -0.05) is 19.1 Å². The number of carboxylic acid groups (broad SMARTS) is 1. The van der Waals surface area contributed by atoms with Crippen LogP contribution in [0.5, 0.6) is 0 Å².